The minimum Gasteiger partial charge on any atom is -0.480 e. The van der Waals surface area contributed by atoms with E-state index >= 15 is 0 Å². The molecule has 1 N–H and O–H groups in total. The second-order valence-electron chi connectivity index (χ2n) is 6.90. The average molecular weight is 414 g/mol. The number of ether oxygens (including phenoxy) is 2. The van der Waals surface area contributed by atoms with Crippen LogP contribution in [0, 0.1) is 0 Å². The Bertz CT molecular complexity index is 638. The molecule has 0 radical (unpaired) electrons. The number of aromatic nitrogens is 1. The number of halogens is 1. The highest BCUT2D eigenvalue weighted by molar-refractivity contribution is 9.10. The van der Waals surface area contributed by atoms with Gasteiger partial charge in [-0.05, 0) is 49.5 Å². The Morgan fingerprint density at radius 3 is 2.56 bits per heavy atom. The number of carbonyl (C=O) groups is 2. The number of nitrogens with one attached hydrogen (secondary N) is 1. The number of amides is 1. The molecular weight excluding hydrogens is 390 g/mol. The Balaban J connectivity index is 2.03. The summed E-state index contributed by atoms with van der Waals surface area (Å²) in [4.78, 5) is 29.6. The average Bonchev–Trinajstić information content (AvgIpc) is 2.53. The summed E-state index contributed by atoms with van der Waals surface area (Å²) in [7, 11) is 1.49. The standard InChI is InChI=1S/C17H24BrN3O4/c1-17(2,3)25-16(23)20-11-5-7-21(8-6-11)14-12(10-22)15(24-4)19-9-13(14)18/h9-11H,5-8H2,1-4H3,(H,20,23). The van der Waals surface area contributed by atoms with Gasteiger partial charge < -0.3 is 19.7 Å². The van der Waals surface area contributed by atoms with Crippen LogP contribution in [0.4, 0.5) is 10.5 Å². The van der Waals surface area contributed by atoms with Crippen molar-refractivity contribution in [2.24, 2.45) is 0 Å². The fourth-order valence-electron chi connectivity index (χ4n) is 2.79. The topological polar surface area (TPSA) is 80.8 Å². The van der Waals surface area contributed by atoms with Gasteiger partial charge in [0.05, 0.1) is 17.3 Å². The van der Waals surface area contributed by atoms with Crippen LogP contribution in [-0.4, -0.2) is 49.2 Å². The maximum absolute atomic E-state index is 11.9. The highest BCUT2D eigenvalue weighted by atomic mass is 79.9. The van der Waals surface area contributed by atoms with Gasteiger partial charge in [0.15, 0.2) is 6.29 Å². The lowest BCUT2D eigenvalue weighted by Crippen LogP contribution is -2.46. The molecule has 1 aromatic rings. The molecule has 138 valence electrons. The Morgan fingerprint density at radius 2 is 2.04 bits per heavy atom. The van der Waals surface area contributed by atoms with Gasteiger partial charge >= 0.3 is 6.09 Å². The van der Waals surface area contributed by atoms with Gasteiger partial charge in [-0.2, -0.15) is 0 Å². The van der Waals surface area contributed by atoms with E-state index in [0.717, 1.165) is 29.3 Å². The number of hydrogen-bond acceptors (Lipinski definition) is 6. The molecule has 25 heavy (non-hydrogen) atoms. The van der Waals surface area contributed by atoms with Crippen molar-refractivity contribution >= 4 is 34.0 Å². The molecule has 0 saturated carbocycles. The summed E-state index contributed by atoms with van der Waals surface area (Å²) < 4.78 is 11.2. The van der Waals surface area contributed by atoms with Gasteiger partial charge in [-0.25, -0.2) is 9.78 Å². The van der Waals surface area contributed by atoms with E-state index in [1.165, 1.54) is 7.11 Å². The third-order valence-corrected chi connectivity index (χ3v) is 4.43. The van der Waals surface area contributed by atoms with E-state index < -0.39 is 11.7 Å². The van der Waals surface area contributed by atoms with E-state index in [-0.39, 0.29) is 6.04 Å². The maximum atomic E-state index is 11.9. The zero-order valence-corrected chi connectivity index (χ0v) is 16.6. The van der Waals surface area contributed by atoms with E-state index in [2.05, 4.69) is 31.1 Å². The van der Waals surface area contributed by atoms with E-state index in [1.54, 1.807) is 6.20 Å². The number of aldehydes is 1. The van der Waals surface area contributed by atoms with Crippen molar-refractivity contribution in [3.05, 3.63) is 16.2 Å². The van der Waals surface area contributed by atoms with Crippen molar-refractivity contribution in [2.75, 3.05) is 25.1 Å². The van der Waals surface area contributed by atoms with Crippen LogP contribution < -0.4 is 15.0 Å². The number of rotatable bonds is 4. The van der Waals surface area contributed by atoms with Gasteiger partial charge in [0.2, 0.25) is 5.88 Å². The molecule has 0 aromatic carbocycles. The highest BCUT2D eigenvalue weighted by Crippen LogP contribution is 2.35. The first-order chi connectivity index (χ1) is 11.7. The molecule has 1 aliphatic heterocycles. The molecule has 0 spiro atoms. The fourth-order valence-corrected chi connectivity index (χ4v) is 3.35. The molecule has 2 rings (SSSR count). The highest BCUT2D eigenvalue weighted by Gasteiger charge is 2.27. The number of methoxy groups -OCH3 is 1. The lowest BCUT2D eigenvalue weighted by atomic mass is 10.0. The summed E-state index contributed by atoms with van der Waals surface area (Å²) in [5, 5.41) is 2.91. The molecule has 1 amide bonds. The molecule has 0 atom stereocenters. The van der Waals surface area contributed by atoms with Crippen LogP contribution in [0.3, 0.4) is 0 Å². The van der Waals surface area contributed by atoms with Crippen LogP contribution in [0.5, 0.6) is 5.88 Å². The molecule has 0 aliphatic carbocycles. The van der Waals surface area contributed by atoms with Gasteiger partial charge in [-0.3, -0.25) is 4.79 Å². The lowest BCUT2D eigenvalue weighted by Gasteiger charge is -2.35. The third-order valence-electron chi connectivity index (χ3n) is 3.85. The molecule has 1 aliphatic rings. The van der Waals surface area contributed by atoms with Gasteiger partial charge in [0, 0.05) is 25.3 Å². The first-order valence-corrected chi connectivity index (χ1v) is 8.96. The Morgan fingerprint density at radius 1 is 1.40 bits per heavy atom. The summed E-state index contributed by atoms with van der Waals surface area (Å²) in [5.41, 5.74) is 0.690. The number of anilines is 1. The second kappa shape index (κ2) is 8.03. The van der Waals surface area contributed by atoms with Crippen molar-refractivity contribution in [2.45, 2.75) is 45.3 Å². The van der Waals surface area contributed by atoms with E-state index in [0.29, 0.717) is 24.5 Å². The zero-order chi connectivity index (χ0) is 18.6. The van der Waals surface area contributed by atoms with E-state index in [4.69, 9.17) is 9.47 Å². The molecule has 0 bridgehead atoms. The Hall–Kier alpha value is -1.83. The van der Waals surface area contributed by atoms with Gasteiger partial charge in [-0.15, -0.1) is 0 Å². The molecule has 2 heterocycles. The molecule has 1 aromatic heterocycles. The van der Waals surface area contributed by atoms with E-state index in [9.17, 15) is 9.59 Å². The minimum atomic E-state index is -0.512. The number of carbonyl (C=O) groups excluding carboxylic acids is 2. The van der Waals surface area contributed by atoms with Gasteiger partial charge in [0.25, 0.3) is 0 Å². The first kappa shape index (κ1) is 19.5. The van der Waals surface area contributed by atoms with Crippen molar-refractivity contribution in [3.8, 4) is 5.88 Å². The molecular formula is C17H24BrN3O4. The van der Waals surface area contributed by atoms with Crippen LogP contribution in [-0.2, 0) is 4.74 Å². The lowest BCUT2D eigenvalue weighted by molar-refractivity contribution is 0.0497. The second-order valence-corrected chi connectivity index (χ2v) is 7.76. The SMILES string of the molecule is COc1ncc(Br)c(N2CCC(NC(=O)OC(C)(C)C)CC2)c1C=O. The van der Waals surface area contributed by atoms with Crippen LogP contribution in [0.1, 0.15) is 44.0 Å². The summed E-state index contributed by atoms with van der Waals surface area (Å²) in [6.45, 7) is 6.92. The summed E-state index contributed by atoms with van der Waals surface area (Å²) in [6, 6.07) is 0.0493. The van der Waals surface area contributed by atoms with Crippen molar-refractivity contribution in [1.82, 2.24) is 10.3 Å². The largest absolute Gasteiger partial charge is 0.480 e. The zero-order valence-electron chi connectivity index (χ0n) is 15.0. The Labute approximate surface area is 156 Å². The monoisotopic (exact) mass is 413 g/mol. The number of pyridine rings is 1. The van der Waals surface area contributed by atoms with E-state index in [1.807, 2.05) is 20.8 Å². The fraction of sp³-hybridized carbons (Fsp3) is 0.588. The van der Waals surface area contributed by atoms with Crippen LogP contribution in [0.25, 0.3) is 0 Å². The molecule has 8 heteroatoms. The molecule has 0 unspecified atom stereocenters. The summed E-state index contributed by atoms with van der Waals surface area (Å²) >= 11 is 3.47. The van der Waals surface area contributed by atoms with Crippen molar-refractivity contribution in [1.29, 1.82) is 0 Å². The Kier molecular flexibility index (Phi) is 6.26. The number of hydrogen-bond donors (Lipinski definition) is 1. The normalized spacial score (nSPS) is 15.6. The molecule has 1 fully saturated rings. The van der Waals surface area contributed by atoms with Gasteiger partial charge in [-0.1, -0.05) is 0 Å². The van der Waals surface area contributed by atoms with Crippen LogP contribution >= 0.6 is 15.9 Å². The number of piperidine rings is 1. The van der Waals surface area contributed by atoms with Crippen molar-refractivity contribution < 1.29 is 19.1 Å². The molecule has 1 saturated heterocycles. The van der Waals surface area contributed by atoms with Crippen molar-refractivity contribution in [3.63, 3.8) is 0 Å². The minimum absolute atomic E-state index is 0.0493. The quantitative estimate of drug-likeness (QED) is 0.763. The van der Waals surface area contributed by atoms with Crippen LogP contribution in [0.2, 0.25) is 0 Å². The first-order valence-electron chi connectivity index (χ1n) is 8.17. The summed E-state index contributed by atoms with van der Waals surface area (Å²) in [6.07, 6.45) is 3.51. The molecule has 7 nitrogen and oxygen atoms in total. The predicted octanol–water partition coefficient (Wildman–Crippen LogP) is 3.16. The van der Waals surface area contributed by atoms with Crippen LogP contribution in [0.15, 0.2) is 10.7 Å². The number of nitrogens with zero attached hydrogens (tertiary/aromatic N) is 2. The summed E-state index contributed by atoms with van der Waals surface area (Å²) in [5.74, 6) is 0.308. The predicted molar refractivity (Wildman–Crippen MR) is 98.5 cm³/mol. The number of alkyl carbamates (subject to hydrolysis) is 1. The third kappa shape index (κ3) is 5.07. The maximum Gasteiger partial charge on any atom is 0.407 e. The smallest absolute Gasteiger partial charge is 0.407 e. The van der Waals surface area contributed by atoms with Gasteiger partial charge in [0.1, 0.15) is 11.2 Å².